The number of rotatable bonds is 4. The molecule has 2 aliphatic heterocycles. The molecular weight excluding hydrogens is 437 g/mol. The molecule has 2 aliphatic rings. The SMILES string of the molecule is COc1ccc(C(F)(F)F)cc1-c1ccc(C(=O)N2CCN(C(=O)C3CCCO3)CC2)cc1. The highest BCUT2D eigenvalue weighted by atomic mass is 19.4. The molecule has 2 amide bonds. The Hall–Kier alpha value is -3.07. The van der Waals surface area contributed by atoms with Crippen molar-refractivity contribution in [3.63, 3.8) is 0 Å². The third-order valence-corrected chi connectivity index (χ3v) is 6.05. The molecule has 9 heteroatoms. The lowest BCUT2D eigenvalue weighted by Gasteiger charge is -2.35. The number of alkyl halides is 3. The molecule has 2 heterocycles. The van der Waals surface area contributed by atoms with E-state index < -0.39 is 11.7 Å². The largest absolute Gasteiger partial charge is 0.496 e. The molecule has 0 spiro atoms. The quantitative estimate of drug-likeness (QED) is 0.693. The van der Waals surface area contributed by atoms with E-state index in [9.17, 15) is 22.8 Å². The van der Waals surface area contributed by atoms with Crippen LogP contribution in [0.1, 0.15) is 28.8 Å². The van der Waals surface area contributed by atoms with Gasteiger partial charge in [-0.2, -0.15) is 13.2 Å². The minimum Gasteiger partial charge on any atom is -0.496 e. The second kappa shape index (κ2) is 9.43. The molecule has 0 radical (unpaired) electrons. The number of piperazine rings is 1. The van der Waals surface area contributed by atoms with E-state index in [1.54, 1.807) is 34.1 Å². The van der Waals surface area contributed by atoms with Crippen molar-refractivity contribution in [2.24, 2.45) is 0 Å². The predicted octanol–water partition coefficient (Wildman–Crippen LogP) is 3.84. The highest BCUT2D eigenvalue weighted by Crippen LogP contribution is 2.37. The molecule has 176 valence electrons. The van der Waals surface area contributed by atoms with Crippen LogP contribution in [-0.4, -0.2) is 67.6 Å². The second-order valence-corrected chi connectivity index (χ2v) is 8.11. The van der Waals surface area contributed by atoms with Crippen LogP contribution >= 0.6 is 0 Å². The van der Waals surface area contributed by atoms with E-state index in [0.29, 0.717) is 55.2 Å². The summed E-state index contributed by atoms with van der Waals surface area (Å²) in [7, 11) is 1.40. The first-order valence-electron chi connectivity index (χ1n) is 10.8. The minimum atomic E-state index is -4.47. The summed E-state index contributed by atoms with van der Waals surface area (Å²) in [5, 5.41) is 0. The maximum atomic E-state index is 13.1. The van der Waals surface area contributed by atoms with Crippen molar-refractivity contribution < 1.29 is 32.2 Å². The van der Waals surface area contributed by atoms with Gasteiger partial charge in [0.05, 0.1) is 12.7 Å². The average Bonchev–Trinajstić information content (AvgIpc) is 3.37. The zero-order chi connectivity index (χ0) is 23.6. The molecule has 2 aromatic rings. The number of benzene rings is 2. The summed E-state index contributed by atoms with van der Waals surface area (Å²) in [4.78, 5) is 28.8. The normalized spacial score (nSPS) is 19.0. The van der Waals surface area contributed by atoms with E-state index >= 15 is 0 Å². The molecule has 0 aliphatic carbocycles. The van der Waals surface area contributed by atoms with Gasteiger partial charge < -0.3 is 19.3 Å². The van der Waals surface area contributed by atoms with Crippen molar-refractivity contribution >= 4 is 11.8 Å². The number of ether oxygens (including phenoxy) is 2. The summed E-state index contributed by atoms with van der Waals surface area (Å²) < 4.78 is 50.1. The summed E-state index contributed by atoms with van der Waals surface area (Å²) in [6.07, 6.45) is -3.21. The van der Waals surface area contributed by atoms with Crippen LogP contribution in [0.4, 0.5) is 13.2 Å². The van der Waals surface area contributed by atoms with Gasteiger partial charge in [0.25, 0.3) is 11.8 Å². The second-order valence-electron chi connectivity index (χ2n) is 8.11. The Morgan fingerprint density at radius 3 is 2.24 bits per heavy atom. The lowest BCUT2D eigenvalue weighted by atomic mass is 10.00. The summed E-state index contributed by atoms with van der Waals surface area (Å²) in [6, 6.07) is 9.73. The van der Waals surface area contributed by atoms with Gasteiger partial charge in [-0.25, -0.2) is 0 Å². The van der Waals surface area contributed by atoms with Crippen molar-refractivity contribution in [3.8, 4) is 16.9 Å². The monoisotopic (exact) mass is 462 g/mol. The van der Waals surface area contributed by atoms with E-state index in [1.807, 2.05) is 0 Å². The fourth-order valence-corrected chi connectivity index (χ4v) is 4.19. The summed E-state index contributed by atoms with van der Waals surface area (Å²) >= 11 is 0. The van der Waals surface area contributed by atoms with Crippen LogP contribution in [0.2, 0.25) is 0 Å². The van der Waals surface area contributed by atoms with Crippen molar-refractivity contribution in [2.75, 3.05) is 39.9 Å². The molecule has 6 nitrogen and oxygen atoms in total. The highest BCUT2D eigenvalue weighted by Gasteiger charge is 2.32. The van der Waals surface area contributed by atoms with Gasteiger partial charge in [-0.15, -0.1) is 0 Å². The van der Waals surface area contributed by atoms with E-state index in [-0.39, 0.29) is 17.9 Å². The molecule has 0 N–H and O–H groups in total. The molecule has 1 atom stereocenters. The Morgan fingerprint density at radius 2 is 1.67 bits per heavy atom. The summed E-state index contributed by atoms with van der Waals surface area (Å²) in [6.45, 7) is 2.34. The molecule has 1 unspecified atom stereocenters. The number of hydrogen-bond donors (Lipinski definition) is 0. The number of nitrogens with zero attached hydrogens (tertiary/aromatic N) is 2. The number of methoxy groups -OCH3 is 1. The third kappa shape index (κ3) is 4.98. The van der Waals surface area contributed by atoms with E-state index in [1.165, 1.54) is 13.2 Å². The van der Waals surface area contributed by atoms with E-state index in [0.717, 1.165) is 25.0 Å². The van der Waals surface area contributed by atoms with Gasteiger partial charge in [0.1, 0.15) is 11.9 Å². The fraction of sp³-hybridized carbons (Fsp3) is 0.417. The molecule has 0 bridgehead atoms. The molecule has 2 saturated heterocycles. The highest BCUT2D eigenvalue weighted by molar-refractivity contribution is 5.95. The van der Waals surface area contributed by atoms with Crippen LogP contribution in [0.5, 0.6) is 5.75 Å². The van der Waals surface area contributed by atoms with Gasteiger partial charge in [-0.3, -0.25) is 9.59 Å². The van der Waals surface area contributed by atoms with Gasteiger partial charge in [0.2, 0.25) is 0 Å². The van der Waals surface area contributed by atoms with Crippen molar-refractivity contribution in [1.82, 2.24) is 9.80 Å². The van der Waals surface area contributed by atoms with Crippen LogP contribution < -0.4 is 4.74 Å². The Labute approximate surface area is 189 Å². The zero-order valence-corrected chi connectivity index (χ0v) is 18.2. The van der Waals surface area contributed by atoms with Crippen LogP contribution in [0.15, 0.2) is 42.5 Å². The Morgan fingerprint density at radius 1 is 1.00 bits per heavy atom. The average molecular weight is 462 g/mol. The number of hydrogen-bond acceptors (Lipinski definition) is 4. The summed E-state index contributed by atoms with van der Waals surface area (Å²) in [5.41, 5.74) is 0.478. The molecule has 2 aromatic carbocycles. The Balaban J connectivity index is 1.44. The molecule has 2 fully saturated rings. The Bertz CT molecular complexity index is 1010. The maximum absolute atomic E-state index is 13.1. The van der Waals surface area contributed by atoms with Crippen molar-refractivity contribution in [1.29, 1.82) is 0 Å². The number of halogens is 3. The molecule has 0 aromatic heterocycles. The lowest BCUT2D eigenvalue weighted by molar-refractivity contribution is -0.142. The topological polar surface area (TPSA) is 59.1 Å². The minimum absolute atomic E-state index is 0.0148. The van der Waals surface area contributed by atoms with Crippen LogP contribution in [-0.2, 0) is 15.7 Å². The van der Waals surface area contributed by atoms with Crippen LogP contribution in [0, 0.1) is 0 Å². The number of carbonyl (C=O) groups excluding carboxylic acids is 2. The first-order chi connectivity index (χ1) is 15.8. The number of carbonyl (C=O) groups is 2. The first kappa shape index (κ1) is 23.1. The van der Waals surface area contributed by atoms with Gasteiger partial charge in [0.15, 0.2) is 0 Å². The van der Waals surface area contributed by atoms with Gasteiger partial charge in [0, 0.05) is 43.9 Å². The molecule has 0 saturated carbocycles. The zero-order valence-electron chi connectivity index (χ0n) is 18.2. The molecular formula is C24H25F3N2O4. The van der Waals surface area contributed by atoms with Gasteiger partial charge >= 0.3 is 6.18 Å². The van der Waals surface area contributed by atoms with E-state index in [2.05, 4.69) is 0 Å². The molecule has 4 rings (SSSR count). The smallest absolute Gasteiger partial charge is 0.416 e. The van der Waals surface area contributed by atoms with Gasteiger partial charge in [-0.1, -0.05) is 12.1 Å². The first-order valence-corrected chi connectivity index (χ1v) is 10.8. The van der Waals surface area contributed by atoms with Crippen LogP contribution in [0.25, 0.3) is 11.1 Å². The molecule has 33 heavy (non-hydrogen) atoms. The summed E-state index contributed by atoms with van der Waals surface area (Å²) in [5.74, 6) is 0.120. The van der Waals surface area contributed by atoms with E-state index in [4.69, 9.17) is 9.47 Å². The third-order valence-electron chi connectivity index (χ3n) is 6.05. The van der Waals surface area contributed by atoms with Crippen molar-refractivity contribution in [3.05, 3.63) is 53.6 Å². The lowest BCUT2D eigenvalue weighted by Crippen LogP contribution is -2.52. The van der Waals surface area contributed by atoms with Crippen molar-refractivity contribution in [2.45, 2.75) is 25.1 Å². The predicted molar refractivity (Wildman–Crippen MR) is 115 cm³/mol. The number of amides is 2. The Kier molecular flexibility index (Phi) is 6.60. The van der Waals surface area contributed by atoms with Crippen LogP contribution in [0.3, 0.4) is 0 Å². The standard InChI is InChI=1S/C24H25F3N2O4/c1-32-20-9-8-18(24(25,26)27)15-19(20)16-4-6-17(7-5-16)22(30)28-10-12-29(13-11-28)23(31)21-3-2-14-33-21/h4-9,15,21H,2-3,10-14H2,1H3. The van der Waals surface area contributed by atoms with Gasteiger partial charge in [-0.05, 0) is 48.7 Å². The fourth-order valence-electron chi connectivity index (χ4n) is 4.19. The maximum Gasteiger partial charge on any atom is 0.416 e.